The predicted molar refractivity (Wildman–Crippen MR) is 93.2 cm³/mol. The Hall–Kier alpha value is -2.15. The number of aliphatic carboxylic acids is 1. The van der Waals surface area contributed by atoms with E-state index in [2.05, 4.69) is 11.9 Å². The van der Waals surface area contributed by atoms with E-state index in [0.29, 0.717) is 41.4 Å². The largest absolute Gasteiger partial charge is 0.493 e. The van der Waals surface area contributed by atoms with Crippen molar-refractivity contribution < 1.29 is 24.2 Å². The minimum atomic E-state index is -1.21. The number of carbonyl (C=O) groups is 2. The van der Waals surface area contributed by atoms with Crippen molar-refractivity contribution in [2.75, 3.05) is 25.7 Å². The Balaban J connectivity index is 2.36. The lowest BCUT2D eigenvalue weighted by Crippen LogP contribution is -2.54. The molecule has 2 rings (SSSR count). The normalized spacial score (nSPS) is 19.6. The number of hydrogen-bond donors (Lipinski definition) is 2. The van der Waals surface area contributed by atoms with E-state index in [9.17, 15) is 14.7 Å². The smallest absolute Gasteiger partial charge is 0.330 e. The van der Waals surface area contributed by atoms with Gasteiger partial charge in [-0.15, -0.1) is 6.58 Å². The first-order valence-corrected chi connectivity index (χ1v) is 8.62. The van der Waals surface area contributed by atoms with Crippen LogP contribution < -0.4 is 14.8 Å². The highest BCUT2D eigenvalue weighted by atomic mass is 32.2. The van der Waals surface area contributed by atoms with Gasteiger partial charge in [0, 0.05) is 16.9 Å². The van der Waals surface area contributed by atoms with Crippen molar-refractivity contribution in [2.24, 2.45) is 0 Å². The average Bonchev–Trinajstić information content (AvgIpc) is 3.04. The van der Waals surface area contributed by atoms with E-state index >= 15 is 0 Å². The Morgan fingerprint density at radius 1 is 1.42 bits per heavy atom. The van der Waals surface area contributed by atoms with Crippen LogP contribution >= 0.6 is 11.8 Å². The summed E-state index contributed by atoms with van der Waals surface area (Å²) in [7, 11) is 3.02. The molecule has 0 saturated carbocycles. The average molecular weight is 351 g/mol. The highest BCUT2D eigenvalue weighted by molar-refractivity contribution is 7.99. The molecule has 1 aliphatic rings. The minimum Gasteiger partial charge on any atom is -0.493 e. The van der Waals surface area contributed by atoms with E-state index < -0.39 is 17.4 Å². The van der Waals surface area contributed by atoms with Crippen molar-refractivity contribution in [3.63, 3.8) is 0 Å². The topological polar surface area (TPSA) is 84.9 Å². The number of nitrogens with one attached hydrogen (secondary N) is 1. The van der Waals surface area contributed by atoms with Crippen molar-refractivity contribution in [2.45, 2.75) is 18.4 Å². The molecule has 1 heterocycles. The molecule has 0 aromatic heterocycles. The van der Waals surface area contributed by atoms with Crippen LogP contribution in [0.2, 0.25) is 0 Å². The number of thioether (sulfide) groups is 1. The second-order valence-corrected chi connectivity index (χ2v) is 6.61. The Labute approximate surface area is 145 Å². The Bertz CT molecular complexity index is 653. The van der Waals surface area contributed by atoms with Gasteiger partial charge in [0.1, 0.15) is 5.54 Å². The fourth-order valence-corrected chi connectivity index (χ4v) is 3.98. The molecule has 1 amide bonds. The summed E-state index contributed by atoms with van der Waals surface area (Å²) >= 11 is 1.52. The van der Waals surface area contributed by atoms with Gasteiger partial charge in [-0.05, 0) is 30.7 Å². The van der Waals surface area contributed by atoms with Crippen LogP contribution in [0.1, 0.15) is 22.3 Å². The van der Waals surface area contributed by atoms with Gasteiger partial charge >= 0.3 is 5.97 Å². The number of benzene rings is 1. The summed E-state index contributed by atoms with van der Waals surface area (Å²) in [6.45, 7) is 3.70. The predicted octanol–water partition coefficient (Wildman–Crippen LogP) is 2.12. The summed E-state index contributed by atoms with van der Waals surface area (Å²) in [4.78, 5) is 24.2. The van der Waals surface area contributed by atoms with Crippen LogP contribution in [0.4, 0.5) is 0 Å². The lowest BCUT2D eigenvalue weighted by atomic mass is 9.97. The summed E-state index contributed by atoms with van der Waals surface area (Å²) in [6, 6.07) is 3.23. The van der Waals surface area contributed by atoms with Gasteiger partial charge in [0.2, 0.25) is 0 Å². The van der Waals surface area contributed by atoms with Crippen LogP contribution in [-0.2, 0) is 11.2 Å². The Kier molecular flexibility index (Phi) is 5.77. The van der Waals surface area contributed by atoms with Gasteiger partial charge < -0.3 is 19.9 Å². The second-order valence-electron chi connectivity index (χ2n) is 5.51. The number of methoxy groups -OCH3 is 2. The first kappa shape index (κ1) is 18.2. The van der Waals surface area contributed by atoms with Crippen molar-refractivity contribution >= 4 is 23.6 Å². The summed E-state index contributed by atoms with van der Waals surface area (Å²) < 4.78 is 10.6. The van der Waals surface area contributed by atoms with Gasteiger partial charge in [-0.3, -0.25) is 4.79 Å². The maximum absolute atomic E-state index is 12.6. The van der Waals surface area contributed by atoms with Gasteiger partial charge in [-0.1, -0.05) is 6.08 Å². The van der Waals surface area contributed by atoms with Gasteiger partial charge in [0.15, 0.2) is 11.5 Å². The van der Waals surface area contributed by atoms with Crippen LogP contribution in [0.25, 0.3) is 0 Å². The number of carboxylic acids is 1. The highest BCUT2D eigenvalue weighted by Crippen LogP contribution is 2.34. The zero-order valence-electron chi connectivity index (χ0n) is 13.8. The van der Waals surface area contributed by atoms with Crippen molar-refractivity contribution in [3.8, 4) is 11.5 Å². The summed E-state index contributed by atoms with van der Waals surface area (Å²) in [5.74, 6) is 0.588. The standard InChI is InChI=1S/C17H21NO5S/c1-4-5-11-8-12(9-13(22-2)14(11)23-3)15(19)18-17(16(20)21)6-7-24-10-17/h4,8-9H,1,5-7,10H2,2-3H3,(H,18,19)(H,20,21). The number of amides is 1. The van der Waals surface area contributed by atoms with E-state index in [1.807, 2.05) is 0 Å². The molecule has 24 heavy (non-hydrogen) atoms. The van der Waals surface area contributed by atoms with E-state index in [0.717, 1.165) is 5.56 Å². The third kappa shape index (κ3) is 3.51. The number of carbonyl (C=O) groups excluding carboxylic acids is 1. The van der Waals surface area contributed by atoms with Crippen molar-refractivity contribution in [1.82, 2.24) is 5.32 Å². The first-order valence-electron chi connectivity index (χ1n) is 7.47. The van der Waals surface area contributed by atoms with E-state index in [4.69, 9.17) is 9.47 Å². The molecule has 1 saturated heterocycles. The SMILES string of the molecule is C=CCc1cc(C(=O)NC2(C(=O)O)CCSC2)cc(OC)c1OC. The molecule has 0 spiro atoms. The molecule has 1 aromatic rings. The molecular weight excluding hydrogens is 330 g/mol. The lowest BCUT2D eigenvalue weighted by Gasteiger charge is -2.25. The molecule has 7 heteroatoms. The molecule has 1 aromatic carbocycles. The Morgan fingerprint density at radius 2 is 2.17 bits per heavy atom. The third-order valence-electron chi connectivity index (χ3n) is 3.97. The molecule has 1 atom stereocenters. The van der Waals surface area contributed by atoms with Gasteiger partial charge in [-0.2, -0.15) is 11.8 Å². The van der Waals surface area contributed by atoms with Gasteiger partial charge in [0.25, 0.3) is 5.91 Å². The zero-order valence-corrected chi connectivity index (χ0v) is 14.6. The highest BCUT2D eigenvalue weighted by Gasteiger charge is 2.43. The monoisotopic (exact) mass is 351 g/mol. The number of rotatable bonds is 7. The minimum absolute atomic E-state index is 0.335. The molecule has 2 N–H and O–H groups in total. The quantitative estimate of drug-likeness (QED) is 0.732. The third-order valence-corrected chi connectivity index (χ3v) is 5.16. The molecule has 0 bridgehead atoms. The van der Waals surface area contributed by atoms with Gasteiger partial charge in [0.05, 0.1) is 14.2 Å². The number of carboxylic acid groups (broad SMARTS) is 1. The fourth-order valence-electron chi connectivity index (χ4n) is 2.66. The molecule has 6 nitrogen and oxygen atoms in total. The molecule has 0 aliphatic carbocycles. The van der Waals surface area contributed by atoms with Crippen LogP contribution in [0.3, 0.4) is 0 Å². The Morgan fingerprint density at radius 3 is 2.67 bits per heavy atom. The second kappa shape index (κ2) is 7.61. The summed E-state index contributed by atoms with van der Waals surface area (Å²) in [5.41, 5.74) is -0.128. The summed E-state index contributed by atoms with van der Waals surface area (Å²) in [6.07, 6.45) is 2.61. The maximum atomic E-state index is 12.6. The van der Waals surface area contributed by atoms with Crippen LogP contribution in [0, 0.1) is 0 Å². The van der Waals surface area contributed by atoms with Crippen LogP contribution in [0.15, 0.2) is 24.8 Å². The maximum Gasteiger partial charge on any atom is 0.330 e. The van der Waals surface area contributed by atoms with Crippen molar-refractivity contribution in [3.05, 3.63) is 35.9 Å². The van der Waals surface area contributed by atoms with E-state index in [1.165, 1.54) is 26.0 Å². The molecule has 1 unspecified atom stereocenters. The molecule has 0 radical (unpaired) electrons. The molecule has 130 valence electrons. The van der Waals surface area contributed by atoms with Gasteiger partial charge in [-0.25, -0.2) is 4.79 Å². The first-order chi connectivity index (χ1) is 11.5. The molecular formula is C17H21NO5S. The van der Waals surface area contributed by atoms with E-state index in [1.54, 1.807) is 18.2 Å². The van der Waals surface area contributed by atoms with Crippen molar-refractivity contribution in [1.29, 1.82) is 0 Å². The lowest BCUT2D eigenvalue weighted by molar-refractivity contribution is -0.143. The fraction of sp³-hybridized carbons (Fsp3) is 0.412. The molecule has 1 aliphatic heterocycles. The van der Waals surface area contributed by atoms with Crippen LogP contribution in [-0.4, -0.2) is 48.2 Å². The number of hydrogen-bond acceptors (Lipinski definition) is 5. The van der Waals surface area contributed by atoms with Crippen LogP contribution in [0.5, 0.6) is 11.5 Å². The summed E-state index contributed by atoms with van der Waals surface area (Å²) in [5, 5.41) is 12.2. The number of ether oxygens (including phenoxy) is 2. The molecule has 1 fully saturated rings. The zero-order chi connectivity index (χ0) is 17.7. The van der Waals surface area contributed by atoms with E-state index in [-0.39, 0.29) is 0 Å². The number of allylic oxidation sites excluding steroid dienone is 1.